The molecule has 4 rings (SSSR count). The van der Waals surface area contributed by atoms with Gasteiger partial charge < -0.3 is 14.8 Å². The number of rotatable bonds is 6. The summed E-state index contributed by atoms with van der Waals surface area (Å²) in [6, 6.07) is 12.0. The van der Waals surface area contributed by atoms with Crippen molar-refractivity contribution in [1.82, 2.24) is 10.2 Å². The largest absolute Gasteiger partial charge is 0.496 e. The second-order valence-corrected chi connectivity index (χ2v) is 8.13. The third-order valence-electron chi connectivity index (χ3n) is 5.68. The molecule has 1 aliphatic carbocycles. The number of carbonyl (C=O) groups excluding carboxylic acids is 1. The quantitative estimate of drug-likeness (QED) is 0.516. The zero-order valence-electron chi connectivity index (χ0n) is 17.4. The highest BCUT2D eigenvalue weighted by molar-refractivity contribution is 7.80. The van der Waals surface area contributed by atoms with Crippen LogP contribution in [0.2, 0.25) is 0 Å². The smallest absolute Gasteiger partial charge is 0.276 e. The van der Waals surface area contributed by atoms with Crippen molar-refractivity contribution >= 4 is 29.3 Å². The average Bonchev–Trinajstić information content (AvgIpc) is 3.06. The van der Waals surface area contributed by atoms with Crippen LogP contribution in [0, 0.1) is 5.82 Å². The van der Waals surface area contributed by atoms with Gasteiger partial charge in [-0.2, -0.15) is 0 Å². The maximum atomic E-state index is 13.9. The number of amides is 1. The molecule has 2 fully saturated rings. The van der Waals surface area contributed by atoms with Crippen molar-refractivity contribution in [2.45, 2.75) is 44.8 Å². The molecule has 1 aliphatic heterocycles. The van der Waals surface area contributed by atoms with Crippen LogP contribution in [-0.2, 0) is 11.4 Å². The Morgan fingerprint density at radius 1 is 1.16 bits per heavy atom. The zero-order valence-corrected chi connectivity index (χ0v) is 18.2. The first kappa shape index (κ1) is 21.3. The number of carbonyl (C=O) groups is 1. The molecular formula is C24H25FN2O3S. The molecule has 0 unspecified atom stereocenters. The van der Waals surface area contributed by atoms with E-state index in [-0.39, 0.29) is 24.3 Å². The van der Waals surface area contributed by atoms with E-state index in [1.165, 1.54) is 12.5 Å². The van der Waals surface area contributed by atoms with E-state index in [2.05, 4.69) is 5.32 Å². The fourth-order valence-electron chi connectivity index (χ4n) is 4.10. The molecule has 1 amide bonds. The van der Waals surface area contributed by atoms with E-state index in [0.29, 0.717) is 16.6 Å². The molecule has 1 N–H and O–H groups in total. The maximum absolute atomic E-state index is 13.9. The van der Waals surface area contributed by atoms with Crippen LogP contribution in [-0.4, -0.2) is 29.1 Å². The number of thiocarbonyl (C=S) groups is 1. The molecule has 0 atom stereocenters. The summed E-state index contributed by atoms with van der Waals surface area (Å²) in [5.41, 5.74) is 2.01. The number of halogens is 1. The second kappa shape index (κ2) is 9.47. The summed E-state index contributed by atoms with van der Waals surface area (Å²) in [5.74, 6) is 0.298. The van der Waals surface area contributed by atoms with Crippen LogP contribution >= 0.6 is 12.2 Å². The number of para-hydroxylation sites is 1. The Hall–Kier alpha value is -2.93. The van der Waals surface area contributed by atoms with Crippen LogP contribution in [0.3, 0.4) is 0 Å². The minimum Gasteiger partial charge on any atom is -0.496 e. The molecular weight excluding hydrogens is 415 g/mol. The Bertz CT molecular complexity index is 1020. The van der Waals surface area contributed by atoms with Gasteiger partial charge in [0, 0.05) is 11.6 Å². The van der Waals surface area contributed by atoms with Gasteiger partial charge >= 0.3 is 0 Å². The van der Waals surface area contributed by atoms with Gasteiger partial charge in [0.2, 0.25) is 0 Å². The average molecular weight is 441 g/mol. The summed E-state index contributed by atoms with van der Waals surface area (Å²) in [7, 11) is 1.57. The third kappa shape index (κ3) is 4.71. The van der Waals surface area contributed by atoms with Gasteiger partial charge in [-0.1, -0.05) is 37.5 Å². The lowest BCUT2D eigenvalue weighted by atomic mass is 9.94. The van der Waals surface area contributed by atoms with E-state index in [1.54, 1.807) is 36.3 Å². The molecule has 1 heterocycles. The molecule has 162 valence electrons. The number of nitrogens with zero attached hydrogens (tertiary/aromatic N) is 1. The SMILES string of the molecule is COc1ccc(/C=C2/NC(=S)N(C3CCCCC3)C2=O)cc1COc1ccccc1F. The van der Waals surface area contributed by atoms with E-state index >= 15 is 0 Å². The van der Waals surface area contributed by atoms with E-state index in [0.717, 1.165) is 36.8 Å². The van der Waals surface area contributed by atoms with Gasteiger partial charge in [0.1, 0.15) is 18.1 Å². The van der Waals surface area contributed by atoms with Crippen molar-refractivity contribution in [1.29, 1.82) is 0 Å². The van der Waals surface area contributed by atoms with Gasteiger partial charge in [0.05, 0.1) is 7.11 Å². The van der Waals surface area contributed by atoms with Crippen molar-refractivity contribution in [2.75, 3.05) is 7.11 Å². The second-order valence-electron chi connectivity index (χ2n) is 7.75. The maximum Gasteiger partial charge on any atom is 0.276 e. The molecule has 0 radical (unpaired) electrons. The molecule has 7 heteroatoms. The highest BCUT2D eigenvalue weighted by atomic mass is 32.1. The Balaban J connectivity index is 1.53. The molecule has 5 nitrogen and oxygen atoms in total. The molecule has 2 aromatic carbocycles. The lowest BCUT2D eigenvalue weighted by Crippen LogP contribution is -2.41. The predicted molar refractivity (Wildman–Crippen MR) is 121 cm³/mol. The van der Waals surface area contributed by atoms with Crippen LogP contribution in [0.4, 0.5) is 4.39 Å². The summed E-state index contributed by atoms with van der Waals surface area (Å²) in [6.07, 6.45) is 7.22. The van der Waals surface area contributed by atoms with Gasteiger partial charge in [0.15, 0.2) is 16.7 Å². The fourth-order valence-corrected chi connectivity index (χ4v) is 4.45. The van der Waals surface area contributed by atoms with Crippen LogP contribution in [0.1, 0.15) is 43.2 Å². The van der Waals surface area contributed by atoms with Gasteiger partial charge in [-0.05, 0) is 61.0 Å². The molecule has 0 bridgehead atoms. The minimum absolute atomic E-state index is 0.0862. The predicted octanol–water partition coefficient (Wildman–Crippen LogP) is 4.80. The summed E-state index contributed by atoms with van der Waals surface area (Å²) < 4.78 is 24.9. The van der Waals surface area contributed by atoms with Gasteiger partial charge in [-0.15, -0.1) is 0 Å². The monoisotopic (exact) mass is 440 g/mol. The lowest BCUT2D eigenvalue weighted by Gasteiger charge is -2.29. The van der Waals surface area contributed by atoms with Crippen molar-refractivity contribution in [3.05, 3.63) is 65.1 Å². The van der Waals surface area contributed by atoms with Gasteiger partial charge in [-0.3, -0.25) is 9.69 Å². The van der Waals surface area contributed by atoms with Crippen molar-refractivity contribution in [2.24, 2.45) is 0 Å². The number of methoxy groups -OCH3 is 1. The van der Waals surface area contributed by atoms with Crippen LogP contribution in [0.15, 0.2) is 48.2 Å². The van der Waals surface area contributed by atoms with Gasteiger partial charge in [0.25, 0.3) is 5.91 Å². The summed E-state index contributed by atoms with van der Waals surface area (Å²) in [6.45, 7) is 0.134. The standard InChI is InChI=1S/C24H25FN2O3S/c1-29-21-12-11-16(13-17(21)15-30-22-10-6-5-9-19(22)25)14-20-23(28)27(24(31)26-20)18-7-3-2-4-8-18/h5-6,9-14,18H,2-4,7-8,15H2,1H3,(H,26,31)/b20-14+. The summed E-state index contributed by atoms with van der Waals surface area (Å²) >= 11 is 5.44. The molecule has 1 saturated carbocycles. The van der Waals surface area contributed by atoms with E-state index in [1.807, 2.05) is 18.2 Å². The molecule has 31 heavy (non-hydrogen) atoms. The Kier molecular flexibility index (Phi) is 6.51. The normalized spacial score (nSPS) is 18.4. The Morgan fingerprint density at radius 2 is 1.94 bits per heavy atom. The first-order valence-electron chi connectivity index (χ1n) is 10.5. The summed E-state index contributed by atoms with van der Waals surface area (Å²) in [4.78, 5) is 14.7. The van der Waals surface area contributed by atoms with E-state index < -0.39 is 5.82 Å². The van der Waals surface area contributed by atoms with Crippen molar-refractivity contribution in [3.8, 4) is 11.5 Å². The van der Waals surface area contributed by atoms with Crippen LogP contribution in [0.5, 0.6) is 11.5 Å². The lowest BCUT2D eigenvalue weighted by molar-refractivity contribution is -0.124. The van der Waals surface area contributed by atoms with Crippen molar-refractivity contribution < 1.29 is 18.7 Å². The number of benzene rings is 2. The topological polar surface area (TPSA) is 50.8 Å². The molecule has 2 aromatic rings. The summed E-state index contributed by atoms with van der Waals surface area (Å²) in [5, 5.41) is 3.54. The number of hydrogen-bond donors (Lipinski definition) is 1. The first-order chi connectivity index (χ1) is 15.1. The molecule has 2 aliphatic rings. The van der Waals surface area contributed by atoms with Crippen LogP contribution < -0.4 is 14.8 Å². The highest BCUT2D eigenvalue weighted by Crippen LogP contribution is 2.28. The minimum atomic E-state index is -0.420. The van der Waals surface area contributed by atoms with Crippen LogP contribution in [0.25, 0.3) is 6.08 Å². The van der Waals surface area contributed by atoms with Crippen molar-refractivity contribution in [3.63, 3.8) is 0 Å². The van der Waals surface area contributed by atoms with E-state index in [4.69, 9.17) is 21.7 Å². The Morgan fingerprint density at radius 3 is 2.68 bits per heavy atom. The zero-order chi connectivity index (χ0) is 21.8. The highest BCUT2D eigenvalue weighted by Gasteiger charge is 2.36. The molecule has 1 saturated heterocycles. The number of hydrogen-bond acceptors (Lipinski definition) is 4. The Labute approximate surface area is 186 Å². The van der Waals surface area contributed by atoms with Gasteiger partial charge in [-0.25, -0.2) is 4.39 Å². The van der Waals surface area contributed by atoms with E-state index in [9.17, 15) is 9.18 Å². The third-order valence-corrected chi connectivity index (χ3v) is 5.98. The first-order valence-corrected chi connectivity index (χ1v) is 10.9. The number of nitrogens with one attached hydrogen (secondary N) is 1. The molecule has 0 spiro atoms. The number of ether oxygens (including phenoxy) is 2. The molecule has 0 aromatic heterocycles. The fraction of sp³-hybridized carbons (Fsp3) is 0.333.